The first-order valence-electron chi connectivity index (χ1n) is 9.62. The molecule has 2 fully saturated rings. The molecular formula is C22H21FN2O3. The van der Waals surface area contributed by atoms with E-state index in [4.69, 9.17) is 9.26 Å². The first kappa shape index (κ1) is 17.4. The van der Waals surface area contributed by atoms with Crippen LogP contribution in [0.2, 0.25) is 0 Å². The molecule has 0 saturated carbocycles. The largest absolute Gasteiger partial charge is 0.381 e. The van der Waals surface area contributed by atoms with Crippen LogP contribution >= 0.6 is 0 Å². The summed E-state index contributed by atoms with van der Waals surface area (Å²) in [6.45, 7) is 2.19. The standard InChI is InChI=1S/C22H21FN2O3/c23-16-6-7-19-17(12-16)18(24-28-19)13-20(26)25-14-22(8-10-27-11-9-22)21(25)15-4-2-1-3-5-15/h1-7,12,21H,8-11,13-14H2/t21-/m0/s1. The highest BCUT2D eigenvalue weighted by Gasteiger charge is 2.55. The van der Waals surface area contributed by atoms with Gasteiger partial charge in [-0.1, -0.05) is 35.5 Å². The average molecular weight is 380 g/mol. The van der Waals surface area contributed by atoms with Crippen LogP contribution in [0.4, 0.5) is 4.39 Å². The van der Waals surface area contributed by atoms with Crippen molar-refractivity contribution in [1.29, 1.82) is 0 Å². The predicted molar refractivity (Wildman–Crippen MR) is 101 cm³/mol. The minimum absolute atomic E-state index is 0.00886. The molecule has 1 spiro atoms. The summed E-state index contributed by atoms with van der Waals surface area (Å²) in [5.41, 5.74) is 2.21. The molecule has 0 radical (unpaired) electrons. The topological polar surface area (TPSA) is 55.6 Å². The number of nitrogens with zero attached hydrogens (tertiary/aromatic N) is 2. The molecule has 2 saturated heterocycles. The molecule has 3 heterocycles. The molecule has 5 nitrogen and oxygen atoms in total. The molecular weight excluding hydrogens is 359 g/mol. The Hall–Kier alpha value is -2.73. The fourth-order valence-electron chi connectivity index (χ4n) is 4.68. The van der Waals surface area contributed by atoms with Gasteiger partial charge in [0, 0.05) is 30.6 Å². The molecule has 0 unspecified atom stereocenters. The smallest absolute Gasteiger partial charge is 0.229 e. The number of likely N-dealkylation sites (tertiary alicyclic amines) is 1. The van der Waals surface area contributed by atoms with E-state index in [2.05, 4.69) is 17.3 Å². The Morgan fingerprint density at radius 2 is 1.96 bits per heavy atom. The second-order valence-electron chi connectivity index (χ2n) is 7.76. The number of hydrogen-bond donors (Lipinski definition) is 0. The van der Waals surface area contributed by atoms with E-state index in [9.17, 15) is 9.18 Å². The monoisotopic (exact) mass is 380 g/mol. The summed E-state index contributed by atoms with van der Waals surface area (Å²) in [6, 6.07) is 14.5. The molecule has 6 heteroatoms. The van der Waals surface area contributed by atoms with Gasteiger partial charge in [0.15, 0.2) is 5.58 Å². The van der Waals surface area contributed by atoms with Gasteiger partial charge in [-0.25, -0.2) is 4.39 Å². The lowest BCUT2D eigenvalue weighted by Gasteiger charge is -2.59. The van der Waals surface area contributed by atoms with E-state index in [0.29, 0.717) is 16.7 Å². The Kier molecular flexibility index (Phi) is 4.16. The van der Waals surface area contributed by atoms with Crippen LogP contribution in [0.3, 0.4) is 0 Å². The third-order valence-electron chi connectivity index (χ3n) is 6.13. The number of hydrogen-bond acceptors (Lipinski definition) is 4. The fraction of sp³-hybridized carbons (Fsp3) is 0.364. The number of ether oxygens (including phenoxy) is 1. The second kappa shape index (κ2) is 6.71. The number of carbonyl (C=O) groups is 1. The Morgan fingerprint density at radius 1 is 1.18 bits per heavy atom. The molecule has 1 aromatic heterocycles. The highest BCUT2D eigenvalue weighted by Crippen LogP contribution is 2.54. The van der Waals surface area contributed by atoms with Crippen LogP contribution in [-0.4, -0.2) is 35.7 Å². The lowest BCUT2D eigenvalue weighted by molar-refractivity contribution is -0.168. The third-order valence-corrected chi connectivity index (χ3v) is 6.13. The Labute approximate surface area is 162 Å². The van der Waals surface area contributed by atoms with Crippen LogP contribution in [0.1, 0.15) is 30.1 Å². The molecule has 0 N–H and O–H groups in total. The van der Waals surface area contributed by atoms with Crippen molar-refractivity contribution in [1.82, 2.24) is 10.1 Å². The van der Waals surface area contributed by atoms with E-state index in [-0.39, 0.29) is 29.6 Å². The van der Waals surface area contributed by atoms with Gasteiger partial charge in [0.25, 0.3) is 0 Å². The third kappa shape index (κ3) is 2.79. The lowest BCUT2D eigenvalue weighted by Crippen LogP contribution is -2.62. The number of aromatic nitrogens is 1. The predicted octanol–water partition coefficient (Wildman–Crippen LogP) is 3.89. The van der Waals surface area contributed by atoms with Crippen molar-refractivity contribution in [3.8, 4) is 0 Å². The van der Waals surface area contributed by atoms with Crippen LogP contribution in [0.5, 0.6) is 0 Å². The van der Waals surface area contributed by atoms with Gasteiger partial charge in [0.05, 0.1) is 12.5 Å². The number of amides is 1. The molecule has 5 rings (SSSR count). The molecule has 144 valence electrons. The van der Waals surface area contributed by atoms with Gasteiger partial charge in [-0.15, -0.1) is 0 Å². The maximum atomic E-state index is 13.6. The molecule has 0 aliphatic carbocycles. The van der Waals surface area contributed by atoms with Crippen molar-refractivity contribution in [3.63, 3.8) is 0 Å². The van der Waals surface area contributed by atoms with Crippen LogP contribution in [0.25, 0.3) is 11.0 Å². The summed E-state index contributed by atoms with van der Waals surface area (Å²) in [5, 5.41) is 4.57. The van der Waals surface area contributed by atoms with Crippen LogP contribution in [-0.2, 0) is 16.0 Å². The lowest BCUT2D eigenvalue weighted by atomic mass is 9.64. The quantitative estimate of drug-likeness (QED) is 0.692. The summed E-state index contributed by atoms with van der Waals surface area (Å²) in [7, 11) is 0. The summed E-state index contributed by atoms with van der Waals surface area (Å²) >= 11 is 0. The van der Waals surface area contributed by atoms with E-state index >= 15 is 0 Å². The molecule has 3 aromatic rings. The van der Waals surface area contributed by atoms with Gasteiger partial charge >= 0.3 is 0 Å². The van der Waals surface area contributed by atoms with Crippen molar-refractivity contribution in [2.45, 2.75) is 25.3 Å². The molecule has 1 atom stereocenters. The molecule has 0 bridgehead atoms. The van der Waals surface area contributed by atoms with Gasteiger partial charge in [0.1, 0.15) is 11.5 Å². The molecule has 1 amide bonds. The van der Waals surface area contributed by atoms with Gasteiger partial charge in [-0.05, 0) is 36.6 Å². The van der Waals surface area contributed by atoms with Crippen molar-refractivity contribution in [3.05, 3.63) is 65.6 Å². The van der Waals surface area contributed by atoms with Crippen LogP contribution in [0.15, 0.2) is 53.1 Å². The minimum atomic E-state index is -0.364. The molecule has 2 aromatic carbocycles. The van der Waals surface area contributed by atoms with Crippen molar-refractivity contribution in [2.24, 2.45) is 5.41 Å². The zero-order valence-electron chi connectivity index (χ0n) is 15.4. The second-order valence-corrected chi connectivity index (χ2v) is 7.76. The van der Waals surface area contributed by atoms with Gasteiger partial charge in [-0.3, -0.25) is 4.79 Å². The first-order valence-corrected chi connectivity index (χ1v) is 9.62. The van der Waals surface area contributed by atoms with E-state index in [1.165, 1.54) is 12.1 Å². The van der Waals surface area contributed by atoms with Crippen LogP contribution in [0, 0.1) is 11.2 Å². The maximum absolute atomic E-state index is 13.6. The first-order chi connectivity index (χ1) is 13.7. The Morgan fingerprint density at radius 3 is 2.75 bits per heavy atom. The van der Waals surface area contributed by atoms with E-state index in [1.54, 1.807) is 6.07 Å². The molecule has 2 aliphatic rings. The minimum Gasteiger partial charge on any atom is -0.381 e. The zero-order chi connectivity index (χ0) is 19.1. The number of halogens is 1. The van der Waals surface area contributed by atoms with Crippen LogP contribution < -0.4 is 0 Å². The number of carbonyl (C=O) groups excluding carboxylic acids is 1. The van der Waals surface area contributed by atoms with Gasteiger partial charge in [-0.2, -0.15) is 0 Å². The summed E-state index contributed by atoms with van der Waals surface area (Å²) < 4.78 is 24.4. The maximum Gasteiger partial charge on any atom is 0.229 e. The van der Waals surface area contributed by atoms with Crippen molar-refractivity contribution >= 4 is 16.9 Å². The highest BCUT2D eigenvalue weighted by molar-refractivity contribution is 5.87. The highest BCUT2D eigenvalue weighted by atomic mass is 19.1. The number of fused-ring (bicyclic) bond motifs is 1. The normalized spacial score (nSPS) is 21.0. The number of benzene rings is 2. The average Bonchev–Trinajstić information content (AvgIpc) is 3.09. The fourth-order valence-corrected chi connectivity index (χ4v) is 4.68. The molecule has 2 aliphatic heterocycles. The van der Waals surface area contributed by atoms with E-state index in [1.807, 2.05) is 23.1 Å². The van der Waals surface area contributed by atoms with E-state index in [0.717, 1.165) is 38.2 Å². The zero-order valence-corrected chi connectivity index (χ0v) is 15.4. The number of rotatable bonds is 3. The van der Waals surface area contributed by atoms with Gasteiger partial charge in [0.2, 0.25) is 5.91 Å². The summed E-state index contributed by atoms with van der Waals surface area (Å²) in [5.74, 6) is -0.373. The van der Waals surface area contributed by atoms with Gasteiger partial charge < -0.3 is 14.2 Å². The Bertz CT molecular complexity index is 1010. The SMILES string of the molecule is O=C(Cc1noc2ccc(F)cc12)N1CC2(CCOCC2)[C@@H]1c1ccccc1. The van der Waals surface area contributed by atoms with E-state index < -0.39 is 0 Å². The molecule has 28 heavy (non-hydrogen) atoms. The van der Waals surface area contributed by atoms with Crippen molar-refractivity contribution in [2.75, 3.05) is 19.8 Å². The summed E-state index contributed by atoms with van der Waals surface area (Å²) in [6.07, 6.45) is 2.01. The summed E-state index contributed by atoms with van der Waals surface area (Å²) in [4.78, 5) is 15.1. The Balaban J connectivity index is 1.43. The van der Waals surface area contributed by atoms with Crippen molar-refractivity contribution < 1.29 is 18.4 Å².